The SMILES string of the molecule is CC(C)(CC(=NNC(N)=S)c1ccc(C2CCCCC2)cc1)OC(N)=O. The highest BCUT2D eigenvalue weighted by Gasteiger charge is 2.25. The number of nitrogens with zero attached hydrogens (tertiary/aromatic N) is 1. The third kappa shape index (κ3) is 6.29. The van der Waals surface area contributed by atoms with Crippen molar-refractivity contribution in [2.45, 2.75) is 63.9 Å². The van der Waals surface area contributed by atoms with E-state index in [1.54, 1.807) is 13.8 Å². The smallest absolute Gasteiger partial charge is 0.405 e. The highest BCUT2D eigenvalue weighted by Crippen LogP contribution is 2.32. The van der Waals surface area contributed by atoms with Crippen molar-refractivity contribution in [2.75, 3.05) is 0 Å². The molecular weight excluding hydrogens is 348 g/mol. The molecule has 1 fully saturated rings. The van der Waals surface area contributed by atoms with Crippen molar-refractivity contribution in [3.05, 3.63) is 35.4 Å². The van der Waals surface area contributed by atoms with Gasteiger partial charge in [-0.25, -0.2) is 4.79 Å². The van der Waals surface area contributed by atoms with Gasteiger partial charge in [0.05, 0.1) is 5.71 Å². The molecule has 0 saturated heterocycles. The number of carbonyl (C=O) groups excluding carboxylic acids is 1. The lowest BCUT2D eigenvalue weighted by Crippen LogP contribution is -2.35. The molecule has 0 bridgehead atoms. The zero-order chi connectivity index (χ0) is 19.2. The number of nitrogens with one attached hydrogen (secondary N) is 1. The van der Waals surface area contributed by atoms with E-state index in [2.05, 4.69) is 22.7 Å². The number of rotatable bonds is 6. The van der Waals surface area contributed by atoms with Crippen molar-refractivity contribution in [3.8, 4) is 0 Å². The first-order valence-electron chi connectivity index (χ1n) is 8.97. The van der Waals surface area contributed by atoms with Crippen molar-refractivity contribution in [1.82, 2.24) is 5.43 Å². The van der Waals surface area contributed by atoms with Crippen LogP contribution in [0.3, 0.4) is 0 Å². The van der Waals surface area contributed by atoms with Gasteiger partial charge in [-0.2, -0.15) is 5.10 Å². The van der Waals surface area contributed by atoms with Gasteiger partial charge in [-0.15, -0.1) is 0 Å². The van der Waals surface area contributed by atoms with Crippen LogP contribution in [-0.2, 0) is 4.74 Å². The number of nitrogens with two attached hydrogens (primary N) is 2. The number of hydrogen-bond donors (Lipinski definition) is 3. The van der Waals surface area contributed by atoms with E-state index in [9.17, 15) is 4.79 Å². The molecule has 6 nitrogen and oxygen atoms in total. The van der Waals surface area contributed by atoms with Gasteiger partial charge in [0.15, 0.2) is 5.11 Å². The summed E-state index contributed by atoms with van der Waals surface area (Å²) in [7, 11) is 0. The quantitative estimate of drug-likeness (QED) is 0.400. The Morgan fingerprint density at radius 3 is 2.38 bits per heavy atom. The first kappa shape index (κ1) is 20.2. The Kier molecular flexibility index (Phi) is 6.97. The molecule has 2 rings (SSSR count). The maximum Gasteiger partial charge on any atom is 0.405 e. The maximum absolute atomic E-state index is 11.1. The number of amides is 1. The molecule has 0 aromatic heterocycles. The zero-order valence-corrected chi connectivity index (χ0v) is 16.3. The van der Waals surface area contributed by atoms with Crippen molar-refractivity contribution in [1.29, 1.82) is 0 Å². The number of ether oxygens (including phenoxy) is 1. The molecule has 0 aliphatic heterocycles. The van der Waals surface area contributed by atoms with Crippen molar-refractivity contribution < 1.29 is 9.53 Å². The van der Waals surface area contributed by atoms with E-state index in [0.717, 1.165) is 5.56 Å². The number of primary amides is 1. The van der Waals surface area contributed by atoms with Crippen molar-refractivity contribution >= 4 is 29.1 Å². The number of thiocarbonyl (C=S) groups is 1. The average molecular weight is 377 g/mol. The summed E-state index contributed by atoms with van der Waals surface area (Å²) in [6, 6.07) is 8.40. The van der Waals surface area contributed by atoms with Gasteiger partial charge in [0.25, 0.3) is 0 Å². The minimum Gasteiger partial charge on any atom is -0.443 e. The van der Waals surface area contributed by atoms with Crippen LogP contribution in [0.2, 0.25) is 0 Å². The standard InChI is InChI=1S/C19H28N4O2S/c1-19(2,25-18(21)24)12-16(22-23-17(20)26)15-10-8-14(9-11-15)13-6-4-3-5-7-13/h8-11,13H,3-7,12H2,1-2H3,(H2,21,24)(H3,20,23,26). The normalized spacial score (nSPS) is 16.2. The van der Waals surface area contributed by atoms with E-state index in [1.165, 1.54) is 37.7 Å². The second-order valence-electron chi connectivity index (χ2n) is 7.35. The van der Waals surface area contributed by atoms with Crippen LogP contribution >= 0.6 is 12.2 Å². The molecule has 5 N–H and O–H groups in total. The summed E-state index contributed by atoms with van der Waals surface area (Å²) in [6.45, 7) is 3.56. The van der Waals surface area contributed by atoms with Crippen LogP contribution in [0.1, 0.15) is 69.4 Å². The first-order valence-corrected chi connectivity index (χ1v) is 9.38. The Balaban J connectivity index is 2.20. The van der Waals surface area contributed by atoms with Gasteiger partial charge in [0, 0.05) is 6.42 Å². The van der Waals surface area contributed by atoms with Gasteiger partial charge in [-0.1, -0.05) is 43.5 Å². The molecule has 0 radical (unpaired) electrons. The number of carbonyl (C=O) groups is 1. The van der Waals surface area contributed by atoms with Gasteiger partial charge < -0.3 is 16.2 Å². The second-order valence-corrected chi connectivity index (χ2v) is 7.79. The number of benzene rings is 1. The van der Waals surface area contributed by atoms with Crippen molar-refractivity contribution in [2.24, 2.45) is 16.6 Å². The zero-order valence-electron chi connectivity index (χ0n) is 15.5. The fourth-order valence-electron chi connectivity index (χ4n) is 3.42. The molecule has 1 aliphatic carbocycles. The fraction of sp³-hybridized carbons (Fsp3) is 0.526. The summed E-state index contributed by atoms with van der Waals surface area (Å²) in [4.78, 5) is 11.1. The summed E-state index contributed by atoms with van der Waals surface area (Å²) in [5, 5.41) is 4.38. The van der Waals surface area contributed by atoms with Gasteiger partial charge in [-0.3, -0.25) is 5.43 Å². The van der Waals surface area contributed by atoms with Gasteiger partial charge >= 0.3 is 6.09 Å². The Hall–Kier alpha value is -2.15. The van der Waals surface area contributed by atoms with E-state index >= 15 is 0 Å². The highest BCUT2D eigenvalue weighted by molar-refractivity contribution is 7.80. The predicted molar refractivity (Wildman–Crippen MR) is 108 cm³/mol. The molecule has 1 aliphatic rings. The van der Waals surface area contributed by atoms with Crippen LogP contribution in [0.15, 0.2) is 29.4 Å². The third-order valence-electron chi connectivity index (χ3n) is 4.59. The fourth-order valence-corrected chi connectivity index (χ4v) is 3.47. The number of hydrogen-bond acceptors (Lipinski definition) is 4. The molecule has 0 spiro atoms. The summed E-state index contributed by atoms with van der Waals surface area (Å²) in [5.41, 5.74) is 15.5. The topological polar surface area (TPSA) is 103 Å². The summed E-state index contributed by atoms with van der Waals surface area (Å²) in [5.74, 6) is 0.641. The molecule has 1 saturated carbocycles. The third-order valence-corrected chi connectivity index (χ3v) is 4.68. The van der Waals surface area contributed by atoms with E-state index in [4.69, 9.17) is 28.4 Å². The van der Waals surface area contributed by atoms with E-state index in [-0.39, 0.29) is 5.11 Å². The Morgan fingerprint density at radius 1 is 1.23 bits per heavy atom. The lowest BCUT2D eigenvalue weighted by molar-refractivity contribution is 0.0513. The van der Waals surface area contributed by atoms with Gasteiger partial charge in [0.2, 0.25) is 0 Å². The van der Waals surface area contributed by atoms with Crippen LogP contribution in [0, 0.1) is 0 Å². The van der Waals surface area contributed by atoms with Gasteiger partial charge in [-0.05, 0) is 56.0 Å². The molecule has 26 heavy (non-hydrogen) atoms. The largest absolute Gasteiger partial charge is 0.443 e. The average Bonchev–Trinajstić information content (AvgIpc) is 2.58. The maximum atomic E-state index is 11.1. The molecule has 0 heterocycles. The van der Waals surface area contributed by atoms with Crippen LogP contribution in [0.4, 0.5) is 4.79 Å². The van der Waals surface area contributed by atoms with Crippen LogP contribution in [-0.4, -0.2) is 22.5 Å². The molecule has 1 amide bonds. The summed E-state index contributed by atoms with van der Waals surface area (Å²) >= 11 is 4.84. The Morgan fingerprint density at radius 2 is 1.85 bits per heavy atom. The lowest BCUT2D eigenvalue weighted by Gasteiger charge is -2.25. The monoisotopic (exact) mass is 376 g/mol. The number of hydrazone groups is 1. The molecule has 1 aromatic rings. The summed E-state index contributed by atoms with van der Waals surface area (Å²) < 4.78 is 5.18. The van der Waals surface area contributed by atoms with E-state index in [0.29, 0.717) is 18.1 Å². The molecular formula is C19H28N4O2S. The Labute approximate surface area is 160 Å². The van der Waals surface area contributed by atoms with E-state index < -0.39 is 11.7 Å². The summed E-state index contributed by atoms with van der Waals surface area (Å²) in [6.07, 6.45) is 6.00. The highest BCUT2D eigenvalue weighted by atomic mass is 32.1. The van der Waals surface area contributed by atoms with Crippen molar-refractivity contribution in [3.63, 3.8) is 0 Å². The first-order chi connectivity index (χ1) is 12.3. The van der Waals surface area contributed by atoms with E-state index in [1.807, 2.05) is 12.1 Å². The minimum absolute atomic E-state index is 0.0787. The Bertz CT molecular complexity index is 665. The van der Waals surface area contributed by atoms with Crippen LogP contribution in [0.25, 0.3) is 0 Å². The molecule has 0 unspecified atom stereocenters. The minimum atomic E-state index is -0.815. The van der Waals surface area contributed by atoms with Crippen LogP contribution in [0.5, 0.6) is 0 Å². The second kappa shape index (κ2) is 8.98. The predicted octanol–water partition coefficient (Wildman–Crippen LogP) is 3.54. The molecule has 7 heteroatoms. The molecule has 142 valence electrons. The van der Waals surface area contributed by atoms with Gasteiger partial charge in [0.1, 0.15) is 5.60 Å². The lowest BCUT2D eigenvalue weighted by atomic mass is 9.83. The van der Waals surface area contributed by atoms with Crippen LogP contribution < -0.4 is 16.9 Å². The molecule has 1 aromatic carbocycles. The molecule has 0 atom stereocenters.